The van der Waals surface area contributed by atoms with E-state index in [-0.39, 0.29) is 5.78 Å². The topological polar surface area (TPSA) is 40.9 Å². The van der Waals surface area contributed by atoms with Crippen LogP contribution in [0.25, 0.3) is 0 Å². The summed E-state index contributed by atoms with van der Waals surface area (Å²) in [6.45, 7) is 0. The number of rotatable bonds is 10. The first-order valence-corrected chi connectivity index (χ1v) is 22.7. The van der Waals surface area contributed by atoms with Gasteiger partial charge < -0.3 is 0 Å². The number of hydrogen-bond donors (Lipinski definition) is 0. The summed E-state index contributed by atoms with van der Waals surface area (Å²) in [5, 5.41) is 12.6. The third kappa shape index (κ3) is 8.83. The largest absolute Gasteiger partial charge is 0.290 e. The normalized spacial score (nSPS) is 11.6. The molecule has 0 aliphatic rings. The molecule has 0 bridgehead atoms. The molecule has 0 N–H and O–H groups in total. The molecule has 75 heavy (non-hydrogen) atoms. The highest BCUT2D eigenvalue weighted by atomic mass is 31.2. The lowest BCUT2D eigenvalue weighted by molar-refractivity contribution is 0.102. The molecule has 384 valence electrons. The van der Waals surface area contributed by atoms with Crippen molar-refractivity contribution in [2.75, 3.05) is 6.16 Å². The number of Topliss-reactive ketones (excluding diaryl/α,β-unsaturated/α-hetero) is 1. The van der Waals surface area contributed by atoms with E-state index in [1.54, 1.807) is 24.3 Å². The van der Waals surface area contributed by atoms with Crippen LogP contribution in [0.15, 0.2) is 115 Å². The van der Waals surface area contributed by atoms with E-state index in [1.807, 2.05) is 54.6 Å². The van der Waals surface area contributed by atoms with E-state index < -0.39 is 152 Å². The second kappa shape index (κ2) is 21.1. The van der Waals surface area contributed by atoms with Gasteiger partial charge in [-0.2, -0.15) is 5.26 Å². The Balaban J connectivity index is 0.000000236. The molecule has 8 rings (SSSR count). The Morgan fingerprint density at radius 3 is 0.760 bits per heavy atom. The Morgan fingerprint density at radius 1 is 0.333 bits per heavy atom. The van der Waals surface area contributed by atoms with Crippen LogP contribution in [0, 0.1) is 128 Å². The van der Waals surface area contributed by atoms with Crippen LogP contribution in [0.4, 0.5) is 87.8 Å². The van der Waals surface area contributed by atoms with Crippen molar-refractivity contribution < 1.29 is 92.6 Å². The lowest BCUT2D eigenvalue weighted by Gasteiger charge is -2.44. The van der Waals surface area contributed by atoms with Gasteiger partial charge in [0, 0.05) is 5.56 Å². The van der Waals surface area contributed by atoms with Crippen LogP contribution >= 0.6 is 7.26 Å². The average Bonchev–Trinajstić information content (AvgIpc) is 3.43. The van der Waals surface area contributed by atoms with E-state index >= 15 is 35.1 Å². The van der Waals surface area contributed by atoms with Crippen LogP contribution in [0.3, 0.4) is 0 Å². The fourth-order valence-corrected chi connectivity index (χ4v) is 12.8. The second-order valence-electron chi connectivity index (χ2n) is 15.9. The van der Waals surface area contributed by atoms with Crippen LogP contribution in [0.5, 0.6) is 0 Å². The van der Waals surface area contributed by atoms with Gasteiger partial charge in [-0.05, 0) is 60.7 Å². The van der Waals surface area contributed by atoms with Gasteiger partial charge in [0.15, 0.2) is 69.8 Å². The minimum atomic E-state index is -7.22. The van der Waals surface area contributed by atoms with Gasteiger partial charge in [-0.3, -0.25) is 4.79 Å². The maximum absolute atomic E-state index is 15.4. The molecule has 0 spiro atoms. The molecule has 0 heterocycles. The fraction of sp³-hybridized carbons (Fsp3) is 0.0196. The number of hydrogen-bond acceptors (Lipinski definition) is 2. The Morgan fingerprint density at radius 2 is 0.547 bits per heavy atom. The van der Waals surface area contributed by atoms with Crippen molar-refractivity contribution >= 4 is 57.0 Å². The standard InChI is InChI=1S/C27H21NOP.C24BF20/c28-20-22-16-18-23(19-17-22)27(29)21-30(24-10-4-1-5-11-24,25-12-6-2-7-13-25)26-14-8-3-9-15-26;26-5-1(6(27)14(35)21(42)13(5)34)25(2-7(28)15(36)22(43)16(37)8(2)29,3-9(30)17(38)23(44)18(39)10(3)31)4-11(32)19(40)24(45)20(41)12(4)33/h1-19H,21H2;/q+1;-1. The summed E-state index contributed by atoms with van der Waals surface area (Å²) < 4.78 is 294. The summed E-state index contributed by atoms with van der Waals surface area (Å²) in [4.78, 5) is 13.5. The lowest BCUT2D eigenvalue weighted by atomic mass is 9.12. The molecular weight excluding hydrogens is 1060 g/mol. The van der Waals surface area contributed by atoms with E-state index in [1.165, 1.54) is 15.9 Å². The summed E-state index contributed by atoms with van der Waals surface area (Å²) in [5.41, 5.74) is -13.1. The Bertz CT molecular complexity index is 3120. The molecule has 24 heteroatoms. The molecule has 0 aromatic heterocycles. The van der Waals surface area contributed by atoms with E-state index in [0.717, 1.165) is 0 Å². The molecule has 0 radical (unpaired) electrons. The second-order valence-corrected chi connectivity index (χ2v) is 19.4. The highest BCUT2D eigenvalue weighted by Gasteiger charge is 2.53. The number of halogens is 20. The van der Waals surface area contributed by atoms with Gasteiger partial charge in [0.2, 0.25) is 5.78 Å². The highest BCUT2D eigenvalue weighted by Crippen LogP contribution is 2.55. The van der Waals surface area contributed by atoms with Crippen LogP contribution < -0.4 is 37.8 Å². The summed E-state index contributed by atoms with van der Waals surface area (Å²) in [5.74, 6) is -71.3. The zero-order valence-electron chi connectivity index (χ0n) is 36.6. The molecule has 0 saturated heterocycles. The lowest BCUT2D eigenvalue weighted by Crippen LogP contribution is -2.81. The monoisotopic (exact) mass is 1090 g/mol. The maximum Gasteiger partial charge on any atom is 0.201 e. The van der Waals surface area contributed by atoms with Crippen molar-refractivity contribution in [3.63, 3.8) is 0 Å². The van der Waals surface area contributed by atoms with Crippen LogP contribution in [0.1, 0.15) is 15.9 Å². The molecule has 8 aromatic carbocycles. The van der Waals surface area contributed by atoms with Gasteiger partial charge >= 0.3 is 0 Å². The quantitative estimate of drug-likeness (QED) is 0.0342. The van der Waals surface area contributed by atoms with Crippen molar-refractivity contribution in [1.82, 2.24) is 0 Å². The number of carbonyl (C=O) groups excluding carboxylic acids is 1. The maximum atomic E-state index is 15.4. The van der Waals surface area contributed by atoms with Crippen molar-refractivity contribution in [2.24, 2.45) is 0 Å². The predicted molar refractivity (Wildman–Crippen MR) is 235 cm³/mol. The summed E-state index contributed by atoms with van der Waals surface area (Å²) in [6, 6.07) is 40.2. The third-order valence-electron chi connectivity index (χ3n) is 12.0. The van der Waals surface area contributed by atoms with E-state index in [0.29, 0.717) is 17.3 Å². The smallest absolute Gasteiger partial charge is 0.201 e. The third-order valence-corrected chi connectivity index (χ3v) is 16.3. The zero-order chi connectivity index (χ0) is 55.2. The zero-order valence-corrected chi connectivity index (χ0v) is 37.5. The summed E-state index contributed by atoms with van der Waals surface area (Å²) in [7, 11) is -2.21. The van der Waals surface area contributed by atoms with Gasteiger partial charge in [0.25, 0.3) is 0 Å². The van der Waals surface area contributed by atoms with Gasteiger partial charge in [0.1, 0.15) is 82.0 Å². The molecule has 0 unspecified atom stereocenters. The van der Waals surface area contributed by atoms with Gasteiger partial charge in [-0.25, -0.2) is 87.8 Å². The molecule has 0 amide bonds. The summed E-state index contributed by atoms with van der Waals surface area (Å²) >= 11 is 0. The highest BCUT2D eigenvalue weighted by molar-refractivity contribution is 7.96. The van der Waals surface area contributed by atoms with E-state index in [4.69, 9.17) is 5.26 Å². The minimum Gasteiger partial charge on any atom is -0.290 e. The van der Waals surface area contributed by atoms with Crippen molar-refractivity contribution in [3.8, 4) is 6.07 Å². The van der Waals surface area contributed by atoms with Crippen molar-refractivity contribution in [3.05, 3.63) is 243 Å². The Hall–Kier alpha value is -7.99. The van der Waals surface area contributed by atoms with Crippen LogP contribution in [-0.4, -0.2) is 18.1 Å². The molecule has 0 saturated carbocycles. The summed E-state index contributed by atoms with van der Waals surface area (Å²) in [6.07, 6.45) is -6.82. The minimum absolute atomic E-state index is 0.0874. The van der Waals surface area contributed by atoms with Gasteiger partial charge in [-0.1, -0.05) is 54.6 Å². The number of nitriles is 1. The first-order valence-electron chi connectivity index (χ1n) is 20.8. The van der Waals surface area contributed by atoms with E-state index in [9.17, 15) is 57.5 Å². The molecule has 0 atom stereocenters. The molecular formula is C51H21BF20NOP. The van der Waals surface area contributed by atoms with Crippen molar-refractivity contribution in [1.29, 1.82) is 5.26 Å². The average molecular weight is 1090 g/mol. The van der Waals surface area contributed by atoms with Crippen LogP contribution in [-0.2, 0) is 0 Å². The Labute approximate surface area is 409 Å². The Kier molecular flexibility index (Phi) is 15.4. The van der Waals surface area contributed by atoms with Gasteiger partial charge in [-0.15, -0.1) is 21.9 Å². The van der Waals surface area contributed by atoms with Crippen molar-refractivity contribution in [2.45, 2.75) is 0 Å². The first-order chi connectivity index (χ1) is 35.4. The van der Waals surface area contributed by atoms with E-state index in [2.05, 4.69) is 42.5 Å². The van der Waals surface area contributed by atoms with Gasteiger partial charge in [0.05, 0.1) is 11.6 Å². The fourth-order valence-electron chi connectivity index (χ4n) is 8.68. The molecule has 2 nitrogen and oxygen atoms in total. The predicted octanol–water partition coefficient (Wildman–Crippen LogP) is 10.6. The number of nitrogens with zero attached hydrogens (tertiary/aromatic N) is 1. The molecule has 0 fully saturated rings. The number of carbonyl (C=O) groups is 1. The number of benzene rings is 8. The SMILES string of the molecule is Fc1c(F)c(F)c([B-](c2c(F)c(F)c(F)c(F)c2F)(c2c(F)c(F)c(F)c(F)c2F)c2c(F)c(F)c(F)c(F)c2F)c(F)c1F.N#Cc1ccc(C(=O)C[P+](c2ccccc2)(c2ccccc2)c2ccccc2)cc1. The van der Waals surface area contributed by atoms with Crippen LogP contribution in [0.2, 0.25) is 0 Å². The molecule has 0 aliphatic heterocycles. The molecule has 8 aromatic rings. The number of ketones is 1. The molecule has 0 aliphatic carbocycles. The first kappa shape index (κ1) is 54.8.